The first-order valence-electron chi connectivity index (χ1n) is 8.01. The van der Waals surface area contributed by atoms with Gasteiger partial charge in [0, 0.05) is 48.6 Å². The number of nitrogens with zero attached hydrogens (tertiary/aromatic N) is 6. The molecule has 1 saturated heterocycles. The van der Waals surface area contributed by atoms with Crippen LogP contribution in [0.1, 0.15) is 25.5 Å². The second-order valence-corrected chi connectivity index (χ2v) is 6.32. The lowest BCUT2D eigenvalue weighted by atomic mass is 10.3. The Balaban J connectivity index is 1.82. The van der Waals surface area contributed by atoms with E-state index in [1.165, 1.54) is 5.01 Å². The van der Waals surface area contributed by atoms with Gasteiger partial charge in [-0.1, -0.05) is 12.2 Å². The van der Waals surface area contributed by atoms with E-state index >= 15 is 0 Å². The number of hydrogen-bond donors (Lipinski definition) is 0. The van der Waals surface area contributed by atoms with Gasteiger partial charge in [0.05, 0.1) is 19.6 Å². The van der Waals surface area contributed by atoms with E-state index in [0.717, 1.165) is 29.8 Å². The molecule has 1 fully saturated rings. The second kappa shape index (κ2) is 8.74. The summed E-state index contributed by atoms with van der Waals surface area (Å²) in [6.07, 6.45) is 3.81. The van der Waals surface area contributed by atoms with Crippen molar-refractivity contribution >= 4 is 18.4 Å². The van der Waals surface area contributed by atoms with Gasteiger partial charge in [-0.25, -0.2) is 0 Å². The molecule has 0 aromatic carbocycles. The summed E-state index contributed by atoms with van der Waals surface area (Å²) < 4.78 is 2.84. The molecule has 1 aliphatic rings. The van der Waals surface area contributed by atoms with Crippen molar-refractivity contribution in [2.24, 2.45) is 10.3 Å². The SMILES string of the molecule is CC(C)n1cccc(C=NCCN2CCN(/[N+]([O-])=N/[O-])CC2)c1=S. The summed E-state index contributed by atoms with van der Waals surface area (Å²) in [4.78, 5) is 6.80. The molecule has 132 valence electrons. The maximum absolute atomic E-state index is 11.1. The molecule has 1 aromatic heterocycles. The summed E-state index contributed by atoms with van der Waals surface area (Å²) in [5.41, 5.74) is 0.949. The molecule has 9 heteroatoms. The van der Waals surface area contributed by atoms with Crippen LogP contribution < -0.4 is 0 Å². The minimum Gasteiger partial charge on any atom is -0.737 e. The molecule has 0 aliphatic carbocycles. The molecule has 0 N–H and O–H groups in total. The van der Waals surface area contributed by atoms with Crippen LogP contribution in [0.15, 0.2) is 28.6 Å². The van der Waals surface area contributed by atoms with Crippen LogP contribution in [-0.4, -0.2) is 64.9 Å². The normalized spacial score (nSPS) is 17.1. The molecular weight excluding hydrogens is 328 g/mol. The summed E-state index contributed by atoms with van der Waals surface area (Å²) in [7, 11) is 0. The summed E-state index contributed by atoms with van der Waals surface area (Å²) in [6.45, 7) is 8.10. The van der Waals surface area contributed by atoms with Crippen LogP contribution in [0.5, 0.6) is 0 Å². The van der Waals surface area contributed by atoms with Crippen molar-refractivity contribution in [3.8, 4) is 0 Å². The quantitative estimate of drug-likeness (QED) is 0.258. The lowest BCUT2D eigenvalue weighted by Crippen LogP contribution is -2.49. The fourth-order valence-corrected chi connectivity index (χ4v) is 2.97. The van der Waals surface area contributed by atoms with Crippen molar-refractivity contribution in [3.63, 3.8) is 0 Å². The van der Waals surface area contributed by atoms with Crippen LogP contribution in [0.2, 0.25) is 0 Å². The summed E-state index contributed by atoms with van der Waals surface area (Å²) in [5, 5.41) is 25.1. The van der Waals surface area contributed by atoms with Gasteiger partial charge in [-0.2, -0.15) is 0 Å². The molecule has 2 heterocycles. The van der Waals surface area contributed by atoms with E-state index in [4.69, 9.17) is 12.2 Å². The molecule has 0 saturated carbocycles. The van der Waals surface area contributed by atoms with E-state index in [0.29, 0.717) is 25.7 Å². The molecule has 0 bridgehead atoms. The Labute approximate surface area is 146 Å². The zero-order valence-corrected chi connectivity index (χ0v) is 14.9. The number of pyridine rings is 1. The van der Waals surface area contributed by atoms with Crippen LogP contribution in [-0.2, 0) is 0 Å². The molecule has 0 amide bonds. The van der Waals surface area contributed by atoms with Gasteiger partial charge < -0.3 is 15.0 Å². The maximum Gasteiger partial charge on any atom is 0.114 e. The van der Waals surface area contributed by atoms with E-state index < -0.39 is 0 Å². The van der Waals surface area contributed by atoms with Crippen molar-refractivity contribution in [2.45, 2.75) is 19.9 Å². The van der Waals surface area contributed by atoms with E-state index in [1.54, 1.807) is 0 Å². The van der Waals surface area contributed by atoms with E-state index in [1.807, 2.05) is 29.1 Å². The molecule has 8 nitrogen and oxygen atoms in total. The fraction of sp³-hybridized carbons (Fsp3) is 0.600. The Bertz CT molecular complexity index is 650. The second-order valence-electron chi connectivity index (χ2n) is 5.93. The van der Waals surface area contributed by atoms with Gasteiger partial charge in [0.1, 0.15) is 4.64 Å². The molecule has 0 radical (unpaired) electrons. The number of aromatic nitrogens is 1. The fourth-order valence-electron chi connectivity index (χ4n) is 2.58. The molecule has 0 spiro atoms. The average molecular weight is 351 g/mol. The van der Waals surface area contributed by atoms with Crippen molar-refractivity contribution in [1.29, 1.82) is 0 Å². The molecular formula is C15H23N6O2S-. The number of aliphatic imine (C=N–C) groups is 1. The molecule has 0 atom stereocenters. The number of rotatable bonds is 6. The third kappa shape index (κ3) is 4.75. The van der Waals surface area contributed by atoms with Crippen LogP contribution >= 0.6 is 12.2 Å². The first-order chi connectivity index (χ1) is 11.5. The van der Waals surface area contributed by atoms with Crippen molar-refractivity contribution in [2.75, 3.05) is 39.3 Å². The summed E-state index contributed by atoms with van der Waals surface area (Å²) in [6, 6.07) is 4.27. The number of hydrazine groups is 1. The summed E-state index contributed by atoms with van der Waals surface area (Å²) in [5.74, 6) is 0. The van der Waals surface area contributed by atoms with Crippen LogP contribution in [0.25, 0.3) is 0 Å². The number of hydrogen-bond acceptors (Lipinski definition) is 6. The zero-order chi connectivity index (χ0) is 17.5. The van der Waals surface area contributed by atoms with Crippen LogP contribution in [0.3, 0.4) is 0 Å². The maximum atomic E-state index is 11.1. The minimum atomic E-state index is 0.125. The highest BCUT2D eigenvalue weighted by atomic mass is 32.1. The van der Waals surface area contributed by atoms with Crippen molar-refractivity contribution < 1.29 is 4.97 Å². The standard InChI is InChI=1S/C15H24N6O2S/c1-13(2)20-6-3-4-14(15(20)24)12-16-5-7-18-8-10-19(11-9-18)21(23)17-22/h3-4,6,12-13,22H,5,7-11H2,1-2H3/p-1/b16-12?,21-17-. The van der Waals surface area contributed by atoms with Gasteiger partial charge >= 0.3 is 0 Å². The molecule has 2 rings (SSSR count). The highest BCUT2D eigenvalue weighted by Crippen LogP contribution is 2.08. The lowest BCUT2D eigenvalue weighted by molar-refractivity contribution is -0.692. The van der Waals surface area contributed by atoms with E-state index in [2.05, 4.69) is 29.0 Å². The summed E-state index contributed by atoms with van der Waals surface area (Å²) >= 11 is 5.48. The van der Waals surface area contributed by atoms with Gasteiger partial charge in [-0.05, 0) is 31.3 Å². The van der Waals surface area contributed by atoms with Gasteiger partial charge in [-0.15, -0.1) is 5.01 Å². The Morgan fingerprint density at radius 2 is 2.04 bits per heavy atom. The van der Waals surface area contributed by atoms with E-state index in [-0.39, 0.29) is 4.97 Å². The Kier molecular flexibility index (Phi) is 6.68. The van der Waals surface area contributed by atoms with E-state index in [9.17, 15) is 10.4 Å². The molecule has 1 aromatic rings. The Morgan fingerprint density at radius 1 is 1.33 bits per heavy atom. The average Bonchev–Trinajstić information content (AvgIpc) is 2.59. The predicted octanol–water partition coefficient (Wildman–Crippen LogP) is 2.21. The molecule has 1 aliphatic heterocycles. The smallest absolute Gasteiger partial charge is 0.114 e. The largest absolute Gasteiger partial charge is 0.737 e. The first-order valence-corrected chi connectivity index (χ1v) is 8.42. The van der Waals surface area contributed by atoms with Crippen molar-refractivity contribution in [3.05, 3.63) is 38.9 Å². The van der Waals surface area contributed by atoms with Crippen molar-refractivity contribution in [1.82, 2.24) is 14.5 Å². The van der Waals surface area contributed by atoms with Crippen LogP contribution in [0, 0.1) is 15.1 Å². The van der Waals surface area contributed by atoms with Crippen LogP contribution in [0.4, 0.5) is 0 Å². The molecule has 0 unspecified atom stereocenters. The first kappa shape index (κ1) is 18.3. The monoisotopic (exact) mass is 351 g/mol. The Morgan fingerprint density at radius 3 is 2.67 bits per heavy atom. The van der Waals surface area contributed by atoms with Gasteiger partial charge in [0.2, 0.25) is 0 Å². The van der Waals surface area contributed by atoms with Gasteiger partial charge in [0.15, 0.2) is 0 Å². The highest BCUT2D eigenvalue weighted by molar-refractivity contribution is 7.71. The zero-order valence-electron chi connectivity index (χ0n) is 14.0. The number of piperazine rings is 1. The minimum absolute atomic E-state index is 0.125. The lowest BCUT2D eigenvalue weighted by Gasteiger charge is -2.31. The third-order valence-corrected chi connectivity index (χ3v) is 4.44. The highest BCUT2D eigenvalue weighted by Gasteiger charge is 2.20. The third-order valence-electron chi connectivity index (χ3n) is 4.00. The topological polar surface area (TPSA) is 85.3 Å². The predicted molar refractivity (Wildman–Crippen MR) is 95.5 cm³/mol. The molecule has 24 heavy (non-hydrogen) atoms. The van der Waals surface area contributed by atoms with Gasteiger partial charge in [0.25, 0.3) is 0 Å². The van der Waals surface area contributed by atoms with Gasteiger partial charge in [-0.3, -0.25) is 9.89 Å². The Hall–Kier alpha value is -2.00.